The molecule has 0 spiro atoms. The van der Waals surface area contributed by atoms with Gasteiger partial charge in [0.05, 0.1) is 4.91 Å². The Balaban J connectivity index is 1.78. The molecule has 2 aromatic carbocycles. The summed E-state index contributed by atoms with van der Waals surface area (Å²) in [6, 6.07) is 14.3. The number of halogens is 1. The first-order valence-electron chi connectivity index (χ1n) is 7.67. The third-order valence-corrected chi connectivity index (χ3v) is 4.80. The number of para-hydroxylation sites is 1. The standard InChI is InChI=1S/C19H13FN2O2S/c20-14-5-3-4-12(8-14)10-22-11-13(15-6-1-2-7-16(15)22)9-17-18(23)21-19(24)25-17/h1-9,11H,10H2,(H,21,23,24)/b17-9+. The molecule has 1 N–H and O–H groups in total. The molecule has 1 fully saturated rings. The first kappa shape index (κ1) is 15.7. The lowest BCUT2D eigenvalue weighted by molar-refractivity contribution is -0.115. The van der Waals surface area contributed by atoms with Crippen molar-refractivity contribution in [2.45, 2.75) is 6.54 Å². The van der Waals surface area contributed by atoms with Crippen molar-refractivity contribution in [1.82, 2.24) is 9.88 Å². The number of nitrogens with one attached hydrogen (secondary N) is 1. The summed E-state index contributed by atoms with van der Waals surface area (Å²) in [6.45, 7) is 0.514. The molecule has 0 radical (unpaired) electrons. The van der Waals surface area contributed by atoms with Gasteiger partial charge in [0.25, 0.3) is 11.1 Å². The SMILES string of the molecule is O=C1NC(=O)/C(=C\c2cn(Cc3cccc(F)c3)c3ccccc23)S1. The summed E-state index contributed by atoms with van der Waals surface area (Å²) in [5.41, 5.74) is 2.68. The molecule has 3 aromatic rings. The lowest BCUT2D eigenvalue weighted by Gasteiger charge is -2.05. The number of aromatic nitrogens is 1. The van der Waals surface area contributed by atoms with E-state index in [9.17, 15) is 14.0 Å². The van der Waals surface area contributed by atoms with Crippen LogP contribution in [-0.2, 0) is 11.3 Å². The van der Waals surface area contributed by atoms with E-state index in [1.54, 1.807) is 12.1 Å². The van der Waals surface area contributed by atoms with E-state index in [0.29, 0.717) is 11.4 Å². The molecule has 0 aliphatic carbocycles. The topological polar surface area (TPSA) is 51.1 Å². The maximum absolute atomic E-state index is 13.4. The van der Waals surface area contributed by atoms with Gasteiger partial charge in [-0.25, -0.2) is 4.39 Å². The Morgan fingerprint density at radius 3 is 2.72 bits per heavy atom. The highest BCUT2D eigenvalue weighted by molar-refractivity contribution is 8.18. The lowest BCUT2D eigenvalue weighted by Crippen LogP contribution is -2.17. The van der Waals surface area contributed by atoms with Gasteiger partial charge >= 0.3 is 0 Å². The van der Waals surface area contributed by atoms with Crippen molar-refractivity contribution >= 4 is 39.9 Å². The molecule has 1 aliphatic heterocycles. The quantitative estimate of drug-likeness (QED) is 0.721. The van der Waals surface area contributed by atoms with Crippen LogP contribution in [0.2, 0.25) is 0 Å². The number of hydrogen-bond acceptors (Lipinski definition) is 3. The molecule has 6 heteroatoms. The highest BCUT2D eigenvalue weighted by Gasteiger charge is 2.25. The van der Waals surface area contributed by atoms with Crippen LogP contribution in [0.25, 0.3) is 17.0 Å². The van der Waals surface area contributed by atoms with Crippen LogP contribution in [-0.4, -0.2) is 15.7 Å². The fourth-order valence-corrected chi connectivity index (χ4v) is 3.59. The fraction of sp³-hybridized carbons (Fsp3) is 0.0526. The van der Waals surface area contributed by atoms with Crippen molar-refractivity contribution < 1.29 is 14.0 Å². The summed E-state index contributed by atoms with van der Waals surface area (Å²) in [5, 5.41) is 2.87. The van der Waals surface area contributed by atoms with Crippen LogP contribution in [0.4, 0.5) is 9.18 Å². The van der Waals surface area contributed by atoms with Crippen molar-refractivity contribution in [3.63, 3.8) is 0 Å². The van der Waals surface area contributed by atoms with Crippen LogP contribution in [0.1, 0.15) is 11.1 Å². The fourth-order valence-electron chi connectivity index (χ4n) is 2.92. The summed E-state index contributed by atoms with van der Waals surface area (Å²) in [4.78, 5) is 23.5. The molecule has 1 saturated heterocycles. The van der Waals surface area contributed by atoms with E-state index in [2.05, 4.69) is 5.32 Å². The summed E-state index contributed by atoms with van der Waals surface area (Å²) < 4.78 is 15.5. The van der Waals surface area contributed by atoms with E-state index in [4.69, 9.17) is 0 Å². The van der Waals surface area contributed by atoms with Crippen molar-refractivity contribution in [3.05, 3.63) is 76.6 Å². The van der Waals surface area contributed by atoms with E-state index >= 15 is 0 Å². The Hall–Kier alpha value is -2.86. The van der Waals surface area contributed by atoms with Gasteiger partial charge in [0.1, 0.15) is 5.82 Å². The number of thioether (sulfide) groups is 1. The number of imide groups is 1. The highest BCUT2D eigenvalue weighted by atomic mass is 32.2. The van der Waals surface area contributed by atoms with Crippen molar-refractivity contribution in [3.8, 4) is 0 Å². The highest BCUT2D eigenvalue weighted by Crippen LogP contribution is 2.30. The van der Waals surface area contributed by atoms with Crippen LogP contribution in [0.3, 0.4) is 0 Å². The van der Waals surface area contributed by atoms with Crippen molar-refractivity contribution in [2.75, 3.05) is 0 Å². The molecule has 1 aliphatic rings. The number of amides is 2. The molecule has 0 saturated carbocycles. The zero-order valence-electron chi connectivity index (χ0n) is 13.0. The third kappa shape index (κ3) is 3.08. The number of rotatable bonds is 3. The number of carbonyl (C=O) groups is 2. The molecule has 4 nitrogen and oxygen atoms in total. The molecular formula is C19H13FN2O2S. The summed E-state index contributed by atoms with van der Waals surface area (Å²) >= 11 is 0.895. The van der Waals surface area contributed by atoms with Gasteiger partial charge in [-0.3, -0.25) is 14.9 Å². The van der Waals surface area contributed by atoms with Gasteiger partial charge in [0.2, 0.25) is 0 Å². The van der Waals surface area contributed by atoms with Gasteiger partial charge in [0.15, 0.2) is 0 Å². The monoisotopic (exact) mass is 352 g/mol. The maximum atomic E-state index is 13.4. The van der Waals surface area contributed by atoms with Crippen molar-refractivity contribution in [1.29, 1.82) is 0 Å². The predicted molar refractivity (Wildman–Crippen MR) is 96.5 cm³/mol. The second-order valence-corrected chi connectivity index (χ2v) is 6.73. The molecule has 2 amide bonds. The summed E-state index contributed by atoms with van der Waals surface area (Å²) in [6.07, 6.45) is 3.63. The van der Waals surface area contributed by atoms with Gasteiger partial charge < -0.3 is 4.57 Å². The number of fused-ring (bicyclic) bond motifs is 1. The summed E-state index contributed by atoms with van der Waals surface area (Å²) in [5.74, 6) is -0.647. The van der Waals surface area contributed by atoms with Crippen LogP contribution < -0.4 is 5.32 Å². The second kappa shape index (κ2) is 6.22. The van der Waals surface area contributed by atoms with Gasteiger partial charge in [0, 0.05) is 29.2 Å². The number of hydrogen-bond donors (Lipinski definition) is 1. The Morgan fingerprint density at radius 2 is 1.96 bits per heavy atom. The van der Waals surface area contributed by atoms with Crippen LogP contribution in [0.15, 0.2) is 59.6 Å². The number of benzene rings is 2. The zero-order valence-corrected chi connectivity index (χ0v) is 13.8. The molecule has 4 rings (SSSR count). The van der Waals surface area contributed by atoms with E-state index < -0.39 is 0 Å². The van der Waals surface area contributed by atoms with E-state index in [1.165, 1.54) is 12.1 Å². The van der Waals surface area contributed by atoms with Gasteiger partial charge in [-0.1, -0.05) is 30.3 Å². The minimum absolute atomic E-state index is 0.270. The Morgan fingerprint density at radius 1 is 1.12 bits per heavy atom. The van der Waals surface area contributed by atoms with Crippen molar-refractivity contribution in [2.24, 2.45) is 0 Å². The smallest absolute Gasteiger partial charge is 0.290 e. The van der Waals surface area contributed by atoms with E-state index in [1.807, 2.05) is 41.1 Å². The normalized spacial score (nSPS) is 16.0. The molecule has 1 aromatic heterocycles. The number of nitrogens with zero attached hydrogens (tertiary/aromatic N) is 1. The summed E-state index contributed by atoms with van der Waals surface area (Å²) in [7, 11) is 0. The maximum Gasteiger partial charge on any atom is 0.290 e. The largest absolute Gasteiger partial charge is 0.342 e. The third-order valence-electron chi connectivity index (χ3n) is 3.99. The molecular weight excluding hydrogens is 339 g/mol. The van der Waals surface area contributed by atoms with E-state index in [0.717, 1.165) is 33.8 Å². The van der Waals surface area contributed by atoms with Gasteiger partial charge in [-0.2, -0.15) is 0 Å². The minimum atomic E-state index is -0.378. The molecule has 124 valence electrons. The Kier molecular flexibility index (Phi) is 3.89. The molecule has 0 atom stereocenters. The Labute approximate surface area is 147 Å². The average Bonchev–Trinajstić information content (AvgIpc) is 3.08. The van der Waals surface area contributed by atoms with Crippen LogP contribution >= 0.6 is 11.8 Å². The Bertz CT molecular complexity index is 1040. The average molecular weight is 352 g/mol. The molecule has 0 bridgehead atoms. The molecule has 0 unspecified atom stereocenters. The first-order chi connectivity index (χ1) is 12.1. The minimum Gasteiger partial charge on any atom is -0.342 e. The van der Waals surface area contributed by atoms with E-state index in [-0.39, 0.29) is 17.0 Å². The first-order valence-corrected chi connectivity index (χ1v) is 8.49. The second-order valence-electron chi connectivity index (χ2n) is 5.71. The zero-order chi connectivity index (χ0) is 17.4. The molecule has 2 heterocycles. The lowest BCUT2D eigenvalue weighted by atomic mass is 10.1. The molecule has 25 heavy (non-hydrogen) atoms. The van der Waals surface area contributed by atoms with Gasteiger partial charge in [-0.15, -0.1) is 0 Å². The van der Waals surface area contributed by atoms with Crippen LogP contribution in [0.5, 0.6) is 0 Å². The number of carbonyl (C=O) groups excluding carboxylic acids is 2. The van der Waals surface area contributed by atoms with Gasteiger partial charge in [-0.05, 0) is 41.6 Å². The predicted octanol–water partition coefficient (Wildman–Crippen LogP) is 4.15. The van der Waals surface area contributed by atoms with Crippen LogP contribution in [0, 0.1) is 5.82 Å².